The fourth-order valence-corrected chi connectivity index (χ4v) is 3.03. The first-order valence-corrected chi connectivity index (χ1v) is 8.26. The molecular formula is C17H23ClN2O2. The van der Waals surface area contributed by atoms with E-state index in [2.05, 4.69) is 10.6 Å². The first-order chi connectivity index (χ1) is 10.6. The second-order valence-electron chi connectivity index (χ2n) is 5.90. The van der Waals surface area contributed by atoms with Gasteiger partial charge in [-0.1, -0.05) is 43.0 Å². The number of carbonyl (C=O) groups excluding carboxylic acids is 2. The van der Waals surface area contributed by atoms with E-state index < -0.39 is 0 Å². The first-order valence-electron chi connectivity index (χ1n) is 7.89. The zero-order chi connectivity index (χ0) is 15.9. The smallest absolute Gasteiger partial charge is 0.239 e. The molecule has 0 bridgehead atoms. The van der Waals surface area contributed by atoms with Gasteiger partial charge in [0.05, 0.1) is 12.6 Å². The Morgan fingerprint density at radius 1 is 1.27 bits per heavy atom. The molecule has 2 amide bonds. The van der Waals surface area contributed by atoms with Crippen LogP contribution in [0.15, 0.2) is 24.3 Å². The predicted octanol–water partition coefficient (Wildman–Crippen LogP) is 3.21. The van der Waals surface area contributed by atoms with Gasteiger partial charge in [0.25, 0.3) is 0 Å². The molecule has 120 valence electrons. The normalized spacial score (nSPS) is 16.8. The third-order valence-electron chi connectivity index (χ3n) is 4.13. The molecule has 2 N–H and O–H groups in total. The van der Waals surface area contributed by atoms with Crippen LogP contribution < -0.4 is 10.6 Å². The van der Waals surface area contributed by atoms with Crippen LogP contribution in [0.2, 0.25) is 5.02 Å². The molecule has 1 saturated carbocycles. The quantitative estimate of drug-likeness (QED) is 0.874. The Balaban J connectivity index is 1.76. The molecule has 2 rings (SSSR count). The van der Waals surface area contributed by atoms with E-state index >= 15 is 0 Å². The van der Waals surface area contributed by atoms with E-state index in [1.54, 1.807) is 6.07 Å². The Bertz CT molecular complexity index is 527. The summed E-state index contributed by atoms with van der Waals surface area (Å²) in [6.07, 6.45) is 5.30. The van der Waals surface area contributed by atoms with Crippen molar-refractivity contribution < 1.29 is 9.59 Å². The van der Waals surface area contributed by atoms with E-state index in [4.69, 9.17) is 11.6 Å². The average Bonchev–Trinajstić information content (AvgIpc) is 2.53. The van der Waals surface area contributed by atoms with E-state index in [9.17, 15) is 9.59 Å². The van der Waals surface area contributed by atoms with Crippen molar-refractivity contribution in [3.63, 3.8) is 0 Å². The molecule has 0 spiro atoms. The van der Waals surface area contributed by atoms with Crippen molar-refractivity contribution in [2.75, 3.05) is 6.54 Å². The molecule has 0 aliphatic heterocycles. The maximum Gasteiger partial charge on any atom is 0.239 e. The Hall–Kier alpha value is -1.55. The summed E-state index contributed by atoms with van der Waals surface area (Å²) in [5.41, 5.74) is 0.944. The van der Waals surface area contributed by atoms with Gasteiger partial charge >= 0.3 is 0 Å². The summed E-state index contributed by atoms with van der Waals surface area (Å²) in [5, 5.41) is 6.26. The molecule has 0 radical (unpaired) electrons. The van der Waals surface area contributed by atoms with Crippen molar-refractivity contribution in [2.24, 2.45) is 5.92 Å². The van der Waals surface area contributed by atoms with Crippen molar-refractivity contribution in [3.8, 4) is 0 Å². The number of halogens is 1. The molecule has 1 atom stereocenters. The summed E-state index contributed by atoms with van der Waals surface area (Å²) in [4.78, 5) is 23.9. The van der Waals surface area contributed by atoms with Crippen LogP contribution in [0.5, 0.6) is 0 Å². The number of carbonyl (C=O) groups is 2. The predicted molar refractivity (Wildman–Crippen MR) is 87.6 cm³/mol. The monoisotopic (exact) mass is 322 g/mol. The van der Waals surface area contributed by atoms with Crippen LogP contribution >= 0.6 is 11.6 Å². The van der Waals surface area contributed by atoms with E-state index in [0.29, 0.717) is 5.02 Å². The molecule has 5 heteroatoms. The Morgan fingerprint density at radius 3 is 2.68 bits per heavy atom. The molecule has 22 heavy (non-hydrogen) atoms. The van der Waals surface area contributed by atoms with Gasteiger partial charge in [0, 0.05) is 10.9 Å². The molecule has 1 aliphatic rings. The van der Waals surface area contributed by atoms with Gasteiger partial charge in [0.15, 0.2) is 0 Å². The summed E-state index contributed by atoms with van der Waals surface area (Å²) >= 11 is 5.94. The molecule has 1 aromatic rings. The highest BCUT2D eigenvalue weighted by Crippen LogP contribution is 2.23. The lowest BCUT2D eigenvalue weighted by Crippen LogP contribution is -2.40. The summed E-state index contributed by atoms with van der Waals surface area (Å²) < 4.78 is 0. The maximum atomic E-state index is 12.0. The van der Waals surface area contributed by atoms with Crippen molar-refractivity contribution in [3.05, 3.63) is 34.9 Å². The molecule has 0 aromatic heterocycles. The average molecular weight is 323 g/mol. The van der Waals surface area contributed by atoms with Crippen molar-refractivity contribution >= 4 is 23.4 Å². The lowest BCUT2D eigenvalue weighted by Gasteiger charge is -2.21. The highest BCUT2D eigenvalue weighted by molar-refractivity contribution is 6.30. The number of benzene rings is 1. The van der Waals surface area contributed by atoms with Gasteiger partial charge < -0.3 is 10.6 Å². The standard InChI is InChI=1S/C17H23ClN2O2/c1-12(14-8-5-9-15(18)10-14)20-16(21)11-19-17(22)13-6-3-2-4-7-13/h5,8-10,12-13H,2-4,6-7,11H2,1H3,(H,19,22)(H,20,21)/t12-/m0/s1. The van der Waals surface area contributed by atoms with Gasteiger partial charge in [0.1, 0.15) is 0 Å². The lowest BCUT2D eigenvalue weighted by atomic mass is 9.89. The minimum atomic E-state index is -0.184. The fraction of sp³-hybridized carbons (Fsp3) is 0.529. The number of nitrogens with one attached hydrogen (secondary N) is 2. The lowest BCUT2D eigenvalue weighted by molar-refractivity contribution is -0.129. The molecular weight excluding hydrogens is 300 g/mol. The van der Waals surface area contributed by atoms with Gasteiger partial charge in [0.2, 0.25) is 11.8 Å². The Kier molecular flexibility index (Phi) is 6.25. The van der Waals surface area contributed by atoms with Crippen LogP contribution in [0.1, 0.15) is 50.6 Å². The van der Waals surface area contributed by atoms with Crippen molar-refractivity contribution in [2.45, 2.75) is 45.1 Å². The summed E-state index contributed by atoms with van der Waals surface area (Å²) in [5.74, 6) is -0.103. The molecule has 0 saturated heterocycles. The second-order valence-corrected chi connectivity index (χ2v) is 6.33. The van der Waals surface area contributed by atoms with Gasteiger partial charge in [-0.3, -0.25) is 9.59 Å². The van der Waals surface area contributed by atoms with Crippen LogP contribution in [0.25, 0.3) is 0 Å². The van der Waals surface area contributed by atoms with Gasteiger partial charge in [-0.05, 0) is 37.5 Å². The number of hydrogen-bond acceptors (Lipinski definition) is 2. The minimum absolute atomic E-state index is 0.00487. The Labute approximate surface area is 136 Å². The zero-order valence-electron chi connectivity index (χ0n) is 12.9. The van der Waals surface area contributed by atoms with Crippen LogP contribution in [-0.2, 0) is 9.59 Å². The number of rotatable bonds is 5. The SMILES string of the molecule is C[C@H](NC(=O)CNC(=O)C1CCCCC1)c1cccc(Cl)c1. The molecule has 0 unspecified atom stereocenters. The highest BCUT2D eigenvalue weighted by Gasteiger charge is 2.21. The molecule has 4 nitrogen and oxygen atoms in total. The largest absolute Gasteiger partial charge is 0.348 e. The van der Waals surface area contributed by atoms with E-state index in [0.717, 1.165) is 31.2 Å². The van der Waals surface area contributed by atoms with Crippen molar-refractivity contribution in [1.82, 2.24) is 10.6 Å². The maximum absolute atomic E-state index is 12.0. The minimum Gasteiger partial charge on any atom is -0.348 e. The van der Waals surface area contributed by atoms with Gasteiger partial charge in [-0.15, -0.1) is 0 Å². The van der Waals surface area contributed by atoms with Gasteiger partial charge in [-0.2, -0.15) is 0 Å². The molecule has 0 heterocycles. The summed E-state index contributed by atoms with van der Waals surface area (Å²) in [6.45, 7) is 1.92. The van der Waals surface area contributed by atoms with E-state index in [1.165, 1.54) is 6.42 Å². The second kappa shape index (κ2) is 8.18. The molecule has 1 aromatic carbocycles. The van der Waals surface area contributed by atoms with Crippen LogP contribution in [0.3, 0.4) is 0 Å². The van der Waals surface area contributed by atoms with E-state index in [-0.39, 0.29) is 30.3 Å². The highest BCUT2D eigenvalue weighted by atomic mass is 35.5. The summed E-state index contributed by atoms with van der Waals surface area (Å²) in [7, 11) is 0. The van der Waals surface area contributed by atoms with Crippen LogP contribution in [0, 0.1) is 5.92 Å². The first kappa shape index (κ1) is 16.8. The van der Waals surface area contributed by atoms with Crippen LogP contribution in [0.4, 0.5) is 0 Å². The van der Waals surface area contributed by atoms with Crippen molar-refractivity contribution in [1.29, 1.82) is 0 Å². The third-order valence-corrected chi connectivity index (χ3v) is 4.36. The number of hydrogen-bond donors (Lipinski definition) is 2. The van der Waals surface area contributed by atoms with Crippen LogP contribution in [-0.4, -0.2) is 18.4 Å². The molecule has 1 aliphatic carbocycles. The Morgan fingerprint density at radius 2 is 2.00 bits per heavy atom. The van der Waals surface area contributed by atoms with E-state index in [1.807, 2.05) is 25.1 Å². The fourth-order valence-electron chi connectivity index (χ4n) is 2.83. The molecule has 1 fully saturated rings. The summed E-state index contributed by atoms with van der Waals surface area (Å²) in [6, 6.07) is 7.25. The zero-order valence-corrected chi connectivity index (χ0v) is 13.7. The topological polar surface area (TPSA) is 58.2 Å². The number of amides is 2. The van der Waals surface area contributed by atoms with Gasteiger partial charge in [-0.25, -0.2) is 0 Å². The third kappa shape index (κ3) is 5.02.